The van der Waals surface area contributed by atoms with Crippen molar-refractivity contribution in [3.63, 3.8) is 0 Å². The predicted octanol–water partition coefficient (Wildman–Crippen LogP) is 5.55. The smallest absolute Gasteiger partial charge is 0.354 e. The van der Waals surface area contributed by atoms with Crippen molar-refractivity contribution in [3.8, 4) is 11.4 Å². The first-order chi connectivity index (χ1) is 18.0. The number of aromatic nitrogens is 3. The third-order valence-corrected chi connectivity index (χ3v) is 6.46. The Labute approximate surface area is 213 Å². The van der Waals surface area contributed by atoms with E-state index in [1.54, 1.807) is 24.3 Å². The van der Waals surface area contributed by atoms with E-state index in [9.17, 15) is 19.8 Å². The number of nitrogens with zero attached hydrogens (tertiary/aromatic N) is 3. The first kappa shape index (κ1) is 24.1. The van der Waals surface area contributed by atoms with E-state index in [-0.39, 0.29) is 11.4 Å². The minimum Gasteiger partial charge on any atom is -0.477 e. The van der Waals surface area contributed by atoms with Gasteiger partial charge < -0.3 is 10.2 Å². The summed E-state index contributed by atoms with van der Waals surface area (Å²) < 4.78 is 2.31. The van der Waals surface area contributed by atoms with E-state index in [1.165, 1.54) is 27.7 Å². The van der Waals surface area contributed by atoms with Crippen molar-refractivity contribution in [1.82, 2.24) is 9.97 Å². The van der Waals surface area contributed by atoms with Gasteiger partial charge in [0.25, 0.3) is 0 Å². The average molecular weight is 493 g/mol. The summed E-state index contributed by atoms with van der Waals surface area (Å²) in [7, 11) is 0. The molecular weight excluding hydrogens is 466 g/mol. The summed E-state index contributed by atoms with van der Waals surface area (Å²) in [6.45, 7) is 0.888. The summed E-state index contributed by atoms with van der Waals surface area (Å²) in [5.41, 5.74) is 2.56. The van der Waals surface area contributed by atoms with Crippen LogP contribution in [0.25, 0.3) is 33.1 Å². The Morgan fingerprint density at radius 3 is 2.24 bits per heavy atom. The molecule has 0 bridgehead atoms. The van der Waals surface area contributed by atoms with Crippen molar-refractivity contribution in [1.29, 1.82) is 0 Å². The molecule has 0 atom stereocenters. The molecule has 7 nitrogen and oxygen atoms in total. The van der Waals surface area contributed by atoms with Crippen LogP contribution in [-0.2, 0) is 13.0 Å². The lowest BCUT2D eigenvalue weighted by atomic mass is 10.0. The van der Waals surface area contributed by atoms with Crippen LogP contribution in [0.4, 0.5) is 0 Å². The molecule has 0 aliphatic rings. The van der Waals surface area contributed by atoms with Crippen LogP contribution in [0, 0.1) is 0 Å². The highest BCUT2D eigenvalue weighted by Gasteiger charge is 2.15. The molecule has 37 heavy (non-hydrogen) atoms. The zero-order valence-electron chi connectivity index (χ0n) is 20.2. The van der Waals surface area contributed by atoms with Gasteiger partial charge in [-0.2, -0.15) is 4.57 Å². The van der Waals surface area contributed by atoms with E-state index in [2.05, 4.69) is 69.3 Å². The third kappa shape index (κ3) is 5.30. The molecule has 0 aliphatic heterocycles. The number of fused-ring (bicyclic) bond motifs is 3. The zero-order chi connectivity index (χ0) is 25.8. The molecule has 0 saturated heterocycles. The number of hydrogen-bond acceptors (Lipinski definition) is 4. The number of pyridine rings is 3. The molecule has 5 aromatic rings. The molecule has 0 aliphatic carbocycles. The maximum Gasteiger partial charge on any atom is 0.354 e. The van der Waals surface area contributed by atoms with Crippen LogP contribution in [0.2, 0.25) is 0 Å². The molecule has 0 spiro atoms. The number of benzene rings is 2. The normalized spacial score (nSPS) is 11.1. The first-order valence-electron chi connectivity index (χ1n) is 12.2. The Hall–Kier alpha value is -4.65. The van der Waals surface area contributed by atoms with Crippen molar-refractivity contribution in [3.05, 3.63) is 102 Å². The van der Waals surface area contributed by atoms with Crippen LogP contribution in [0.3, 0.4) is 0 Å². The second-order valence-corrected chi connectivity index (χ2v) is 9.00. The van der Waals surface area contributed by atoms with Crippen molar-refractivity contribution in [2.24, 2.45) is 0 Å². The van der Waals surface area contributed by atoms with Gasteiger partial charge in [0.1, 0.15) is 17.9 Å². The summed E-state index contributed by atoms with van der Waals surface area (Å²) >= 11 is 0. The fraction of sp³-hybridized carbons (Fsp3) is 0.167. The predicted molar refractivity (Wildman–Crippen MR) is 141 cm³/mol. The summed E-state index contributed by atoms with van der Waals surface area (Å²) in [5, 5.41) is 22.5. The van der Waals surface area contributed by atoms with Crippen LogP contribution in [0.15, 0.2) is 85.1 Å². The van der Waals surface area contributed by atoms with Gasteiger partial charge in [0.2, 0.25) is 5.52 Å². The molecule has 0 amide bonds. The van der Waals surface area contributed by atoms with E-state index in [0.717, 1.165) is 31.4 Å². The van der Waals surface area contributed by atoms with Gasteiger partial charge in [-0.15, -0.1) is 0 Å². The summed E-state index contributed by atoms with van der Waals surface area (Å²) in [4.78, 5) is 31.3. The SMILES string of the molecule is O=C(O)c1cccc(-c2cc(CCCCC[n+]3cc4ccccc4c4ccccc43)cc(C(=O)O)n2)n1. The van der Waals surface area contributed by atoms with Crippen molar-refractivity contribution in [2.75, 3.05) is 0 Å². The van der Waals surface area contributed by atoms with Gasteiger partial charge in [0, 0.05) is 23.3 Å². The molecule has 2 aromatic carbocycles. The van der Waals surface area contributed by atoms with Crippen LogP contribution in [0.1, 0.15) is 45.8 Å². The van der Waals surface area contributed by atoms with Gasteiger partial charge in [0.15, 0.2) is 6.20 Å². The average Bonchev–Trinajstić information content (AvgIpc) is 2.92. The van der Waals surface area contributed by atoms with Crippen LogP contribution in [-0.4, -0.2) is 32.1 Å². The standard InChI is InChI=1S/C30H25N3O4/c34-29(35)25-14-8-13-24(31-25)26-17-20(18-27(32-26)30(36)37)9-2-1-7-16-33-19-21-10-3-4-11-22(21)23-12-5-6-15-28(23)33/h3-6,8,10-15,17-19H,1-2,7,9,16H2,(H-,34,35,36,37)/p+1. The van der Waals surface area contributed by atoms with E-state index in [1.807, 2.05) is 0 Å². The van der Waals surface area contributed by atoms with E-state index >= 15 is 0 Å². The van der Waals surface area contributed by atoms with Crippen molar-refractivity contribution < 1.29 is 24.4 Å². The Morgan fingerprint density at radius 1 is 0.703 bits per heavy atom. The fourth-order valence-corrected chi connectivity index (χ4v) is 4.69. The molecule has 2 N–H and O–H groups in total. The second kappa shape index (κ2) is 10.5. The molecule has 7 heteroatoms. The maximum atomic E-state index is 11.7. The highest BCUT2D eigenvalue weighted by molar-refractivity contribution is 6.03. The van der Waals surface area contributed by atoms with Gasteiger partial charge >= 0.3 is 11.9 Å². The monoisotopic (exact) mass is 492 g/mol. The number of aryl methyl sites for hydroxylation is 2. The third-order valence-electron chi connectivity index (χ3n) is 6.46. The summed E-state index contributed by atoms with van der Waals surface area (Å²) in [5.74, 6) is -2.27. The lowest BCUT2D eigenvalue weighted by molar-refractivity contribution is -0.670. The number of para-hydroxylation sites is 1. The Kier molecular flexibility index (Phi) is 6.85. The Balaban J connectivity index is 1.29. The van der Waals surface area contributed by atoms with Gasteiger partial charge in [-0.25, -0.2) is 19.6 Å². The van der Waals surface area contributed by atoms with Gasteiger partial charge in [-0.1, -0.05) is 36.4 Å². The van der Waals surface area contributed by atoms with E-state index in [0.29, 0.717) is 17.8 Å². The largest absolute Gasteiger partial charge is 0.477 e. The first-order valence-corrected chi connectivity index (χ1v) is 12.2. The van der Waals surface area contributed by atoms with Crippen LogP contribution < -0.4 is 4.57 Å². The van der Waals surface area contributed by atoms with E-state index < -0.39 is 11.9 Å². The number of unbranched alkanes of at least 4 members (excludes halogenated alkanes) is 2. The van der Waals surface area contributed by atoms with Gasteiger partial charge in [-0.05, 0) is 61.2 Å². The zero-order valence-corrected chi connectivity index (χ0v) is 20.2. The number of aromatic carboxylic acids is 2. The molecule has 0 fully saturated rings. The van der Waals surface area contributed by atoms with Gasteiger partial charge in [0.05, 0.1) is 16.8 Å². The summed E-state index contributed by atoms with van der Waals surface area (Å²) in [6, 6.07) is 24.9. The Morgan fingerprint density at radius 2 is 1.43 bits per heavy atom. The molecule has 3 aromatic heterocycles. The van der Waals surface area contributed by atoms with Crippen molar-refractivity contribution in [2.45, 2.75) is 32.2 Å². The van der Waals surface area contributed by atoms with Gasteiger partial charge in [-0.3, -0.25) is 0 Å². The number of carboxylic acids is 2. The topological polar surface area (TPSA) is 104 Å². The Bertz CT molecular complexity index is 1630. The minimum absolute atomic E-state index is 0.0757. The fourth-order valence-electron chi connectivity index (χ4n) is 4.69. The van der Waals surface area contributed by atoms with Crippen LogP contribution in [0.5, 0.6) is 0 Å². The molecule has 184 valence electrons. The number of rotatable bonds is 9. The second-order valence-electron chi connectivity index (χ2n) is 9.00. The highest BCUT2D eigenvalue weighted by atomic mass is 16.4. The minimum atomic E-state index is -1.14. The highest BCUT2D eigenvalue weighted by Crippen LogP contribution is 2.23. The molecule has 0 saturated carbocycles. The number of hydrogen-bond donors (Lipinski definition) is 2. The number of carboxylic acid groups (broad SMARTS) is 2. The molecule has 3 heterocycles. The van der Waals surface area contributed by atoms with Crippen molar-refractivity contribution >= 4 is 33.6 Å². The maximum absolute atomic E-state index is 11.7. The lowest BCUT2D eigenvalue weighted by Crippen LogP contribution is -2.34. The lowest BCUT2D eigenvalue weighted by Gasteiger charge is -2.08. The summed E-state index contributed by atoms with van der Waals surface area (Å²) in [6.07, 6.45) is 5.75. The molecule has 0 unspecified atom stereocenters. The van der Waals surface area contributed by atoms with Crippen LogP contribution >= 0.6 is 0 Å². The van der Waals surface area contributed by atoms with E-state index in [4.69, 9.17) is 0 Å². The molecule has 0 radical (unpaired) electrons. The molecule has 5 rings (SSSR count). The molecular formula is C30H26N3O4+. The number of carbonyl (C=O) groups is 2. The quantitative estimate of drug-likeness (QED) is 0.159.